The standard InChI is InChI=1S/C13H14O/c1-2-6-11-9-12(11)13(14)10-7-4-3-5-8-10/h3-5,7-8H,2,6,9H2,1H3. The van der Waals surface area contributed by atoms with Crippen LogP contribution in [-0.4, -0.2) is 5.78 Å². The summed E-state index contributed by atoms with van der Waals surface area (Å²) in [5, 5.41) is 0. The average molecular weight is 186 g/mol. The molecule has 0 heterocycles. The zero-order valence-electron chi connectivity index (χ0n) is 8.42. The van der Waals surface area contributed by atoms with Crippen molar-refractivity contribution in [1.29, 1.82) is 0 Å². The number of hydrogen-bond donors (Lipinski definition) is 0. The molecule has 0 atom stereocenters. The molecule has 1 nitrogen and oxygen atoms in total. The van der Waals surface area contributed by atoms with E-state index in [1.54, 1.807) is 0 Å². The van der Waals surface area contributed by atoms with Gasteiger partial charge in [-0.3, -0.25) is 4.79 Å². The fourth-order valence-corrected chi connectivity index (χ4v) is 1.71. The number of allylic oxidation sites excluding steroid dienone is 2. The Bertz CT molecular complexity index is 373. The van der Waals surface area contributed by atoms with Gasteiger partial charge in [0.2, 0.25) is 0 Å². The predicted molar refractivity (Wildman–Crippen MR) is 57.3 cm³/mol. The second-order valence-corrected chi connectivity index (χ2v) is 3.70. The third kappa shape index (κ3) is 1.77. The minimum Gasteiger partial charge on any atom is -0.289 e. The Labute approximate surface area is 84.5 Å². The van der Waals surface area contributed by atoms with Gasteiger partial charge in [0.25, 0.3) is 0 Å². The van der Waals surface area contributed by atoms with Crippen LogP contribution in [0.1, 0.15) is 36.5 Å². The van der Waals surface area contributed by atoms with Crippen LogP contribution in [0.15, 0.2) is 41.5 Å². The normalized spacial score (nSPS) is 14.4. The Morgan fingerprint density at radius 2 is 2.00 bits per heavy atom. The van der Waals surface area contributed by atoms with E-state index in [0.29, 0.717) is 0 Å². The number of hydrogen-bond acceptors (Lipinski definition) is 1. The largest absolute Gasteiger partial charge is 0.289 e. The molecule has 1 aliphatic rings. The summed E-state index contributed by atoms with van der Waals surface area (Å²) in [6.45, 7) is 2.15. The fourth-order valence-electron chi connectivity index (χ4n) is 1.71. The van der Waals surface area contributed by atoms with E-state index in [-0.39, 0.29) is 5.78 Å². The third-order valence-electron chi connectivity index (χ3n) is 2.55. The van der Waals surface area contributed by atoms with Crippen molar-refractivity contribution in [3.63, 3.8) is 0 Å². The van der Waals surface area contributed by atoms with Crippen LogP contribution in [-0.2, 0) is 0 Å². The Kier molecular flexibility index (Phi) is 2.49. The molecule has 0 fully saturated rings. The molecule has 14 heavy (non-hydrogen) atoms. The topological polar surface area (TPSA) is 17.1 Å². The summed E-state index contributed by atoms with van der Waals surface area (Å²) in [4.78, 5) is 11.8. The van der Waals surface area contributed by atoms with Gasteiger partial charge in [-0.15, -0.1) is 0 Å². The molecule has 0 aliphatic heterocycles. The van der Waals surface area contributed by atoms with Crippen LogP contribution in [0.25, 0.3) is 0 Å². The summed E-state index contributed by atoms with van der Waals surface area (Å²) in [7, 11) is 0. The van der Waals surface area contributed by atoms with E-state index in [1.165, 1.54) is 5.57 Å². The van der Waals surface area contributed by atoms with Crippen molar-refractivity contribution in [3.8, 4) is 0 Å². The van der Waals surface area contributed by atoms with Gasteiger partial charge in [0.15, 0.2) is 5.78 Å². The average Bonchev–Trinajstić information content (AvgIpc) is 2.98. The van der Waals surface area contributed by atoms with Gasteiger partial charge in [0, 0.05) is 11.1 Å². The number of carbonyl (C=O) groups is 1. The molecular formula is C13H14O. The van der Waals surface area contributed by atoms with Crippen molar-refractivity contribution < 1.29 is 4.79 Å². The lowest BCUT2D eigenvalue weighted by Crippen LogP contribution is -1.94. The molecule has 0 bridgehead atoms. The lowest BCUT2D eigenvalue weighted by molar-refractivity contribution is 0.103. The summed E-state index contributed by atoms with van der Waals surface area (Å²) < 4.78 is 0. The number of benzene rings is 1. The SMILES string of the molecule is CCCC1=C(C(=O)c2ccccc2)C1. The van der Waals surface area contributed by atoms with Crippen LogP contribution in [0.4, 0.5) is 0 Å². The van der Waals surface area contributed by atoms with E-state index >= 15 is 0 Å². The molecular weight excluding hydrogens is 172 g/mol. The maximum atomic E-state index is 11.8. The van der Waals surface area contributed by atoms with Crippen LogP contribution >= 0.6 is 0 Å². The Balaban J connectivity index is 2.12. The van der Waals surface area contributed by atoms with Crippen molar-refractivity contribution in [2.75, 3.05) is 0 Å². The molecule has 0 radical (unpaired) electrons. The molecule has 1 heteroatoms. The van der Waals surface area contributed by atoms with E-state index in [9.17, 15) is 4.79 Å². The minimum absolute atomic E-state index is 0.231. The highest BCUT2D eigenvalue weighted by atomic mass is 16.1. The van der Waals surface area contributed by atoms with E-state index in [4.69, 9.17) is 0 Å². The second kappa shape index (κ2) is 3.79. The van der Waals surface area contributed by atoms with Crippen LogP contribution in [0.5, 0.6) is 0 Å². The fraction of sp³-hybridized carbons (Fsp3) is 0.308. The van der Waals surface area contributed by atoms with E-state index in [0.717, 1.165) is 30.4 Å². The number of carbonyl (C=O) groups excluding carboxylic acids is 1. The van der Waals surface area contributed by atoms with Crippen LogP contribution in [0.3, 0.4) is 0 Å². The Morgan fingerprint density at radius 3 is 2.64 bits per heavy atom. The van der Waals surface area contributed by atoms with Gasteiger partial charge in [-0.25, -0.2) is 0 Å². The van der Waals surface area contributed by atoms with Crippen molar-refractivity contribution in [2.24, 2.45) is 0 Å². The maximum Gasteiger partial charge on any atom is 0.189 e. The van der Waals surface area contributed by atoms with Crippen molar-refractivity contribution >= 4 is 5.78 Å². The molecule has 2 rings (SSSR count). The van der Waals surface area contributed by atoms with Crippen LogP contribution in [0.2, 0.25) is 0 Å². The first-order valence-electron chi connectivity index (χ1n) is 5.13. The molecule has 0 aromatic heterocycles. The minimum atomic E-state index is 0.231. The summed E-state index contributed by atoms with van der Waals surface area (Å²) in [6.07, 6.45) is 3.18. The van der Waals surface area contributed by atoms with Crippen LogP contribution < -0.4 is 0 Å². The third-order valence-corrected chi connectivity index (χ3v) is 2.55. The first kappa shape index (κ1) is 9.20. The molecule has 0 amide bonds. The summed E-state index contributed by atoms with van der Waals surface area (Å²) in [5.74, 6) is 0.231. The summed E-state index contributed by atoms with van der Waals surface area (Å²) >= 11 is 0. The van der Waals surface area contributed by atoms with Gasteiger partial charge in [-0.05, 0) is 12.8 Å². The zero-order chi connectivity index (χ0) is 9.97. The molecule has 0 saturated heterocycles. The highest BCUT2D eigenvalue weighted by Gasteiger charge is 2.27. The number of ketones is 1. The number of Topliss-reactive ketones (excluding diaryl/α,β-unsaturated/α-hetero) is 1. The molecule has 1 aliphatic carbocycles. The van der Waals surface area contributed by atoms with Gasteiger partial charge in [-0.2, -0.15) is 0 Å². The van der Waals surface area contributed by atoms with E-state index in [2.05, 4.69) is 6.92 Å². The zero-order valence-corrected chi connectivity index (χ0v) is 8.42. The predicted octanol–water partition coefficient (Wildman–Crippen LogP) is 3.37. The highest BCUT2D eigenvalue weighted by Crippen LogP contribution is 2.36. The monoisotopic (exact) mass is 186 g/mol. The smallest absolute Gasteiger partial charge is 0.189 e. The van der Waals surface area contributed by atoms with Crippen molar-refractivity contribution in [2.45, 2.75) is 26.2 Å². The summed E-state index contributed by atoms with van der Waals surface area (Å²) in [6, 6.07) is 9.53. The quantitative estimate of drug-likeness (QED) is 0.659. The first-order valence-corrected chi connectivity index (χ1v) is 5.13. The Morgan fingerprint density at radius 1 is 1.29 bits per heavy atom. The van der Waals surface area contributed by atoms with Gasteiger partial charge in [-0.1, -0.05) is 49.2 Å². The van der Waals surface area contributed by atoms with Gasteiger partial charge >= 0.3 is 0 Å². The van der Waals surface area contributed by atoms with Gasteiger partial charge < -0.3 is 0 Å². The maximum absolute atomic E-state index is 11.8. The molecule has 0 unspecified atom stereocenters. The molecule has 1 aromatic carbocycles. The first-order chi connectivity index (χ1) is 6.83. The second-order valence-electron chi connectivity index (χ2n) is 3.70. The summed E-state index contributed by atoms with van der Waals surface area (Å²) in [5.41, 5.74) is 3.24. The molecule has 0 N–H and O–H groups in total. The lowest BCUT2D eigenvalue weighted by atomic mass is 10.1. The van der Waals surface area contributed by atoms with E-state index < -0.39 is 0 Å². The lowest BCUT2D eigenvalue weighted by Gasteiger charge is -1.93. The van der Waals surface area contributed by atoms with Crippen molar-refractivity contribution in [3.05, 3.63) is 47.0 Å². The van der Waals surface area contributed by atoms with Gasteiger partial charge in [0.05, 0.1) is 0 Å². The molecule has 0 spiro atoms. The van der Waals surface area contributed by atoms with E-state index in [1.807, 2.05) is 30.3 Å². The van der Waals surface area contributed by atoms with Crippen LogP contribution in [0, 0.1) is 0 Å². The molecule has 1 aromatic rings. The molecule has 0 saturated carbocycles. The molecule has 72 valence electrons. The van der Waals surface area contributed by atoms with Crippen molar-refractivity contribution in [1.82, 2.24) is 0 Å². The highest BCUT2D eigenvalue weighted by molar-refractivity contribution is 6.12. The van der Waals surface area contributed by atoms with Gasteiger partial charge in [0.1, 0.15) is 0 Å². The Hall–Kier alpha value is -1.37. The number of rotatable bonds is 4.